The molecule has 1 amide bonds. The second kappa shape index (κ2) is 5.87. The first kappa shape index (κ1) is 14.1. The van der Waals surface area contributed by atoms with Gasteiger partial charge in [0.15, 0.2) is 5.69 Å². The molecule has 1 fully saturated rings. The lowest BCUT2D eigenvalue weighted by atomic mass is 10.1. The first-order valence-corrected chi connectivity index (χ1v) is 7.66. The number of aryl methyl sites for hydroxylation is 1. The second-order valence-corrected chi connectivity index (χ2v) is 6.04. The molecule has 0 aromatic carbocycles. The fourth-order valence-electron chi connectivity index (χ4n) is 2.87. The number of hydrogen-bond acceptors (Lipinski definition) is 4. The van der Waals surface area contributed by atoms with E-state index in [9.17, 15) is 14.7 Å². The number of rotatable bonds is 5. The Kier molecular flexibility index (Phi) is 3.94. The van der Waals surface area contributed by atoms with Crippen LogP contribution in [0.4, 0.5) is 0 Å². The Labute approximate surface area is 122 Å². The van der Waals surface area contributed by atoms with Gasteiger partial charge in [-0.2, -0.15) is 0 Å². The molecule has 1 aromatic heterocycles. The molecule has 2 aliphatic carbocycles. The fraction of sp³-hybridized carbons (Fsp3) is 0.667. The van der Waals surface area contributed by atoms with Gasteiger partial charge < -0.3 is 14.9 Å². The van der Waals surface area contributed by atoms with Crippen molar-refractivity contribution < 1.29 is 19.2 Å². The summed E-state index contributed by atoms with van der Waals surface area (Å²) in [5.74, 6) is -0.188. The summed E-state index contributed by atoms with van der Waals surface area (Å²) in [6.07, 6.45) is 7.37. The minimum absolute atomic E-state index is 0.272. The van der Waals surface area contributed by atoms with Crippen LogP contribution in [0.5, 0.6) is 0 Å². The molecular weight excluding hydrogens is 272 g/mol. The molecule has 0 spiro atoms. The van der Waals surface area contributed by atoms with Gasteiger partial charge in [0.05, 0.1) is 0 Å². The normalized spacial score (nSPS) is 19.4. The minimum Gasteiger partial charge on any atom is -0.480 e. The van der Waals surface area contributed by atoms with Crippen LogP contribution in [-0.2, 0) is 17.6 Å². The van der Waals surface area contributed by atoms with E-state index in [0.717, 1.165) is 56.3 Å². The number of carbonyl (C=O) groups is 2. The molecule has 1 saturated carbocycles. The van der Waals surface area contributed by atoms with Crippen LogP contribution < -0.4 is 5.32 Å². The number of carbonyl (C=O) groups excluding carboxylic acids is 1. The Morgan fingerprint density at radius 1 is 1.29 bits per heavy atom. The van der Waals surface area contributed by atoms with Crippen LogP contribution in [0, 0.1) is 5.92 Å². The lowest BCUT2D eigenvalue weighted by molar-refractivity contribution is -0.139. The van der Waals surface area contributed by atoms with Crippen molar-refractivity contribution in [1.82, 2.24) is 10.5 Å². The molecule has 0 bridgehead atoms. The van der Waals surface area contributed by atoms with Crippen LogP contribution >= 0.6 is 0 Å². The zero-order valence-electron chi connectivity index (χ0n) is 11.9. The van der Waals surface area contributed by atoms with E-state index in [4.69, 9.17) is 4.52 Å². The van der Waals surface area contributed by atoms with E-state index in [0.29, 0.717) is 12.3 Å². The van der Waals surface area contributed by atoms with E-state index >= 15 is 0 Å². The van der Waals surface area contributed by atoms with Crippen molar-refractivity contribution in [2.24, 2.45) is 5.92 Å². The maximum atomic E-state index is 12.3. The van der Waals surface area contributed by atoms with Crippen molar-refractivity contribution in [1.29, 1.82) is 0 Å². The highest BCUT2D eigenvalue weighted by Gasteiger charge is 2.32. The van der Waals surface area contributed by atoms with Gasteiger partial charge in [-0.3, -0.25) is 4.79 Å². The lowest BCUT2D eigenvalue weighted by Crippen LogP contribution is -2.41. The van der Waals surface area contributed by atoms with E-state index in [-0.39, 0.29) is 5.69 Å². The molecule has 2 N–H and O–H groups in total. The van der Waals surface area contributed by atoms with E-state index in [1.54, 1.807) is 0 Å². The molecule has 3 rings (SSSR count). The highest BCUT2D eigenvalue weighted by Crippen LogP contribution is 2.33. The predicted molar refractivity (Wildman–Crippen MR) is 74.0 cm³/mol. The van der Waals surface area contributed by atoms with Gasteiger partial charge in [-0.1, -0.05) is 24.4 Å². The van der Waals surface area contributed by atoms with E-state index in [1.165, 1.54) is 0 Å². The first-order chi connectivity index (χ1) is 10.1. The van der Waals surface area contributed by atoms with E-state index in [2.05, 4.69) is 10.5 Å². The molecular formula is C15H20N2O4. The summed E-state index contributed by atoms with van der Waals surface area (Å²) in [4.78, 5) is 23.6. The van der Waals surface area contributed by atoms with E-state index < -0.39 is 17.9 Å². The smallest absolute Gasteiger partial charge is 0.326 e. The number of nitrogens with one attached hydrogen (secondary N) is 1. The average molecular weight is 292 g/mol. The van der Waals surface area contributed by atoms with Crippen molar-refractivity contribution in [3.8, 4) is 0 Å². The van der Waals surface area contributed by atoms with Crippen molar-refractivity contribution in [2.75, 3.05) is 0 Å². The topological polar surface area (TPSA) is 92.4 Å². The van der Waals surface area contributed by atoms with Gasteiger partial charge in [0.1, 0.15) is 11.8 Å². The van der Waals surface area contributed by atoms with Crippen molar-refractivity contribution in [3.05, 3.63) is 17.0 Å². The molecule has 21 heavy (non-hydrogen) atoms. The first-order valence-electron chi connectivity index (χ1n) is 7.66. The Morgan fingerprint density at radius 2 is 2.05 bits per heavy atom. The number of aromatic nitrogens is 1. The summed E-state index contributed by atoms with van der Waals surface area (Å²) < 4.78 is 5.27. The Bertz CT molecular complexity index is 548. The highest BCUT2D eigenvalue weighted by molar-refractivity contribution is 5.96. The van der Waals surface area contributed by atoms with Gasteiger partial charge >= 0.3 is 5.97 Å². The number of amides is 1. The van der Waals surface area contributed by atoms with Crippen LogP contribution in [0.2, 0.25) is 0 Å². The van der Waals surface area contributed by atoms with Crippen molar-refractivity contribution in [3.63, 3.8) is 0 Å². The average Bonchev–Trinajstić information content (AvgIpc) is 3.22. The number of aliphatic carboxylic acids is 1. The Morgan fingerprint density at radius 3 is 2.76 bits per heavy atom. The minimum atomic E-state index is -0.982. The molecule has 1 unspecified atom stereocenters. The SMILES string of the molecule is O=C(NC(CC1CC1)C(=O)O)c1noc2c1CCCCC2. The molecule has 0 saturated heterocycles. The van der Waals surface area contributed by atoms with Gasteiger partial charge in [0, 0.05) is 12.0 Å². The lowest BCUT2D eigenvalue weighted by Gasteiger charge is -2.13. The maximum absolute atomic E-state index is 12.3. The molecule has 6 heteroatoms. The maximum Gasteiger partial charge on any atom is 0.326 e. The van der Waals surface area contributed by atoms with Crippen LogP contribution in [-0.4, -0.2) is 28.2 Å². The number of fused-ring (bicyclic) bond motifs is 1. The number of nitrogens with zero attached hydrogens (tertiary/aromatic N) is 1. The van der Waals surface area contributed by atoms with Crippen LogP contribution in [0.25, 0.3) is 0 Å². The largest absolute Gasteiger partial charge is 0.480 e. The zero-order valence-corrected chi connectivity index (χ0v) is 11.9. The quantitative estimate of drug-likeness (QED) is 0.809. The van der Waals surface area contributed by atoms with Gasteiger partial charge in [0.2, 0.25) is 0 Å². The Hall–Kier alpha value is -1.85. The third-order valence-electron chi connectivity index (χ3n) is 4.28. The highest BCUT2D eigenvalue weighted by atomic mass is 16.5. The predicted octanol–water partition coefficient (Wildman–Crippen LogP) is 1.93. The molecule has 1 aromatic rings. The molecule has 2 aliphatic rings. The Balaban J connectivity index is 1.72. The fourth-order valence-corrected chi connectivity index (χ4v) is 2.87. The van der Waals surface area contributed by atoms with Gasteiger partial charge in [-0.25, -0.2) is 4.79 Å². The van der Waals surface area contributed by atoms with Crippen molar-refractivity contribution in [2.45, 2.75) is 57.4 Å². The second-order valence-electron chi connectivity index (χ2n) is 6.04. The standard InChI is InChI=1S/C15H20N2O4/c18-14(16-11(15(19)20)8-9-6-7-9)13-10-4-2-1-3-5-12(10)21-17-13/h9,11H,1-8H2,(H,16,18)(H,19,20). The summed E-state index contributed by atoms with van der Waals surface area (Å²) in [5, 5.41) is 15.7. The number of hydrogen-bond donors (Lipinski definition) is 2. The van der Waals surface area contributed by atoms with Crippen LogP contribution in [0.3, 0.4) is 0 Å². The molecule has 1 heterocycles. The van der Waals surface area contributed by atoms with Gasteiger partial charge in [-0.05, 0) is 31.6 Å². The zero-order chi connectivity index (χ0) is 14.8. The third-order valence-corrected chi connectivity index (χ3v) is 4.28. The number of carboxylic acid groups (broad SMARTS) is 1. The molecule has 1 atom stereocenters. The summed E-state index contributed by atoms with van der Waals surface area (Å²) in [7, 11) is 0. The summed E-state index contributed by atoms with van der Waals surface area (Å²) in [6, 6.07) is -0.830. The number of carboxylic acids is 1. The van der Waals surface area contributed by atoms with E-state index in [1.807, 2.05) is 0 Å². The summed E-state index contributed by atoms with van der Waals surface area (Å²) >= 11 is 0. The summed E-state index contributed by atoms with van der Waals surface area (Å²) in [5.41, 5.74) is 1.13. The van der Waals surface area contributed by atoms with Crippen LogP contribution in [0.15, 0.2) is 4.52 Å². The van der Waals surface area contributed by atoms with Gasteiger partial charge in [-0.15, -0.1) is 0 Å². The molecule has 0 aliphatic heterocycles. The summed E-state index contributed by atoms with van der Waals surface area (Å²) in [6.45, 7) is 0. The van der Waals surface area contributed by atoms with Crippen molar-refractivity contribution >= 4 is 11.9 Å². The molecule has 0 radical (unpaired) electrons. The molecule has 6 nitrogen and oxygen atoms in total. The van der Waals surface area contributed by atoms with Crippen LogP contribution in [0.1, 0.15) is 60.3 Å². The monoisotopic (exact) mass is 292 g/mol. The molecule has 114 valence electrons. The van der Waals surface area contributed by atoms with Gasteiger partial charge in [0.25, 0.3) is 5.91 Å². The third kappa shape index (κ3) is 3.25.